The minimum Gasteiger partial charge on any atom is -0.365 e. The maximum absolute atomic E-state index is 10.5. The summed E-state index contributed by atoms with van der Waals surface area (Å²) in [5.74, 6) is -1.13. The van der Waals surface area contributed by atoms with Gasteiger partial charge in [0.25, 0.3) is 16.0 Å². The molecule has 0 aromatic heterocycles. The Labute approximate surface area is 71.0 Å². The van der Waals surface area contributed by atoms with Crippen LogP contribution in [0.1, 0.15) is 19.8 Å². The van der Waals surface area contributed by atoms with Gasteiger partial charge in [-0.2, -0.15) is 8.42 Å². The molecule has 0 bridgehead atoms. The molecule has 0 aliphatic heterocycles. The van der Waals surface area contributed by atoms with E-state index in [4.69, 9.17) is 10.3 Å². The maximum Gasteiger partial charge on any atom is 0.299 e. The maximum atomic E-state index is 10.5. The molecule has 0 spiro atoms. The Morgan fingerprint density at radius 3 is 2.33 bits per heavy atom. The van der Waals surface area contributed by atoms with Crippen LogP contribution in [-0.4, -0.2) is 18.9 Å². The number of unbranched alkanes of at least 4 members (excludes halogenated alkanes) is 1. The Hall–Kier alpha value is -0.880. The first-order chi connectivity index (χ1) is 5.39. The predicted octanol–water partition coefficient (Wildman–Crippen LogP) is 0.0435. The van der Waals surface area contributed by atoms with Crippen molar-refractivity contribution in [1.29, 1.82) is 0 Å². The van der Waals surface area contributed by atoms with Gasteiger partial charge in [0.05, 0.1) is 0 Å². The summed E-state index contributed by atoms with van der Waals surface area (Å²) < 4.78 is 29.4. The molecule has 1 amide bonds. The van der Waals surface area contributed by atoms with E-state index in [2.05, 4.69) is 0 Å². The van der Waals surface area contributed by atoms with Crippen LogP contribution < -0.4 is 5.73 Å². The van der Waals surface area contributed by atoms with Gasteiger partial charge in [-0.1, -0.05) is 19.4 Å². The molecule has 0 fully saturated rings. The molecule has 0 radical (unpaired) electrons. The lowest BCUT2D eigenvalue weighted by atomic mass is 10.3. The molecule has 0 aliphatic rings. The highest BCUT2D eigenvalue weighted by atomic mass is 32.2. The van der Waals surface area contributed by atoms with Crippen LogP contribution >= 0.6 is 0 Å². The molecule has 5 nitrogen and oxygen atoms in total. The largest absolute Gasteiger partial charge is 0.365 e. The number of allylic oxidation sites excluding steroid dienone is 1. The monoisotopic (exact) mass is 193 g/mol. The van der Waals surface area contributed by atoms with Gasteiger partial charge in [0, 0.05) is 0 Å². The van der Waals surface area contributed by atoms with Crippen molar-refractivity contribution >= 4 is 16.0 Å². The average Bonchev–Trinajstić information content (AvgIpc) is 1.84. The molecule has 0 saturated carbocycles. The normalized spacial score (nSPS) is 13.0. The zero-order valence-electron chi connectivity index (χ0n) is 6.65. The Kier molecular flexibility index (Phi) is 3.91. The standard InChI is InChI=1S/C6H11NO4S/c1-2-3-4-5(6(7)8)12(9,10)11/h4H,2-3H2,1H3,(H2,7,8)(H,9,10,11)/b5-4+. The molecule has 3 N–H and O–H groups in total. The van der Waals surface area contributed by atoms with E-state index >= 15 is 0 Å². The van der Waals surface area contributed by atoms with Gasteiger partial charge in [-0.25, -0.2) is 0 Å². The van der Waals surface area contributed by atoms with E-state index in [9.17, 15) is 13.2 Å². The molecule has 12 heavy (non-hydrogen) atoms. The molecule has 70 valence electrons. The molecular weight excluding hydrogens is 182 g/mol. The van der Waals surface area contributed by atoms with E-state index in [0.29, 0.717) is 12.8 Å². The zero-order valence-corrected chi connectivity index (χ0v) is 7.47. The van der Waals surface area contributed by atoms with Gasteiger partial charge < -0.3 is 5.73 Å². The van der Waals surface area contributed by atoms with E-state index in [1.807, 2.05) is 0 Å². The number of rotatable bonds is 4. The van der Waals surface area contributed by atoms with Crippen LogP contribution in [0.15, 0.2) is 11.0 Å². The molecule has 0 aliphatic carbocycles. The molecule has 0 aromatic carbocycles. The van der Waals surface area contributed by atoms with Gasteiger partial charge in [-0.15, -0.1) is 0 Å². The molecule has 0 rings (SSSR count). The van der Waals surface area contributed by atoms with Crippen molar-refractivity contribution in [2.75, 3.05) is 0 Å². The van der Waals surface area contributed by atoms with Crippen molar-refractivity contribution in [2.24, 2.45) is 5.73 Å². The third kappa shape index (κ3) is 3.49. The molecule has 0 aromatic rings. The number of primary amides is 1. The van der Waals surface area contributed by atoms with Crippen LogP contribution in [0.5, 0.6) is 0 Å². The number of nitrogens with two attached hydrogens (primary N) is 1. The SMILES string of the molecule is CCC/C=C(\C(N)=O)S(=O)(=O)O. The molecular formula is C6H11NO4S. The Bertz CT molecular complexity index is 291. The fraction of sp³-hybridized carbons (Fsp3) is 0.500. The number of carbonyl (C=O) groups is 1. The second-order valence-corrected chi connectivity index (χ2v) is 3.59. The highest BCUT2D eigenvalue weighted by molar-refractivity contribution is 7.90. The highest BCUT2D eigenvalue weighted by Gasteiger charge is 2.18. The molecule has 6 heteroatoms. The summed E-state index contributed by atoms with van der Waals surface area (Å²) in [5, 5.41) is 0. The first-order valence-corrected chi connectivity index (χ1v) is 4.81. The molecule has 0 heterocycles. The summed E-state index contributed by atoms with van der Waals surface area (Å²) in [6, 6.07) is 0. The Morgan fingerprint density at radius 2 is 2.08 bits per heavy atom. The number of carbonyl (C=O) groups excluding carboxylic acids is 1. The van der Waals surface area contributed by atoms with E-state index in [-0.39, 0.29) is 0 Å². The van der Waals surface area contributed by atoms with E-state index in [1.165, 1.54) is 0 Å². The summed E-state index contributed by atoms with van der Waals surface area (Å²) in [6.07, 6.45) is 2.17. The first kappa shape index (κ1) is 11.1. The molecule has 0 unspecified atom stereocenters. The minimum atomic E-state index is -4.45. The van der Waals surface area contributed by atoms with Crippen molar-refractivity contribution in [2.45, 2.75) is 19.8 Å². The van der Waals surface area contributed by atoms with Gasteiger partial charge in [-0.3, -0.25) is 9.35 Å². The first-order valence-electron chi connectivity index (χ1n) is 3.37. The summed E-state index contributed by atoms with van der Waals surface area (Å²) in [6.45, 7) is 1.80. The highest BCUT2D eigenvalue weighted by Crippen LogP contribution is 2.05. The second kappa shape index (κ2) is 4.22. The van der Waals surface area contributed by atoms with Crippen LogP contribution in [0.2, 0.25) is 0 Å². The van der Waals surface area contributed by atoms with E-state index in [0.717, 1.165) is 6.08 Å². The van der Waals surface area contributed by atoms with E-state index < -0.39 is 20.9 Å². The van der Waals surface area contributed by atoms with Crippen LogP contribution in [0.3, 0.4) is 0 Å². The van der Waals surface area contributed by atoms with Crippen LogP contribution in [-0.2, 0) is 14.9 Å². The lowest BCUT2D eigenvalue weighted by Gasteiger charge is -1.97. The molecule has 0 saturated heterocycles. The van der Waals surface area contributed by atoms with Gasteiger partial charge in [0.15, 0.2) is 4.91 Å². The van der Waals surface area contributed by atoms with Crippen LogP contribution in [0.4, 0.5) is 0 Å². The number of amides is 1. The topological polar surface area (TPSA) is 97.5 Å². The van der Waals surface area contributed by atoms with E-state index in [1.54, 1.807) is 6.92 Å². The van der Waals surface area contributed by atoms with Crippen LogP contribution in [0.25, 0.3) is 0 Å². The Morgan fingerprint density at radius 1 is 1.58 bits per heavy atom. The van der Waals surface area contributed by atoms with Gasteiger partial charge in [-0.05, 0) is 6.42 Å². The third-order valence-electron chi connectivity index (χ3n) is 1.14. The lowest BCUT2D eigenvalue weighted by molar-refractivity contribution is -0.114. The quantitative estimate of drug-likeness (QED) is 0.486. The smallest absolute Gasteiger partial charge is 0.299 e. The summed E-state index contributed by atoms with van der Waals surface area (Å²) in [4.78, 5) is 9.73. The van der Waals surface area contributed by atoms with Gasteiger partial charge in [0.2, 0.25) is 0 Å². The molecule has 0 atom stereocenters. The summed E-state index contributed by atoms with van der Waals surface area (Å²) >= 11 is 0. The Balaban J connectivity index is 4.82. The minimum absolute atomic E-state index is 0.387. The number of hydrogen-bond acceptors (Lipinski definition) is 3. The zero-order chi connectivity index (χ0) is 9.78. The fourth-order valence-corrected chi connectivity index (χ4v) is 1.19. The summed E-state index contributed by atoms with van der Waals surface area (Å²) in [7, 11) is -4.45. The average molecular weight is 193 g/mol. The second-order valence-electron chi connectivity index (χ2n) is 2.20. The van der Waals surface area contributed by atoms with Gasteiger partial charge >= 0.3 is 0 Å². The van der Waals surface area contributed by atoms with Gasteiger partial charge in [0.1, 0.15) is 0 Å². The third-order valence-corrected chi connectivity index (χ3v) is 2.06. The van der Waals surface area contributed by atoms with Crippen molar-refractivity contribution in [1.82, 2.24) is 0 Å². The van der Waals surface area contributed by atoms with Crippen molar-refractivity contribution < 1.29 is 17.8 Å². The van der Waals surface area contributed by atoms with Crippen molar-refractivity contribution in [3.8, 4) is 0 Å². The summed E-state index contributed by atoms with van der Waals surface area (Å²) in [5.41, 5.74) is 4.72. The van der Waals surface area contributed by atoms with Crippen molar-refractivity contribution in [3.05, 3.63) is 11.0 Å². The fourth-order valence-electron chi connectivity index (χ4n) is 0.608. The number of hydrogen-bond donors (Lipinski definition) is 2. The van der Waals surface area contributed by atoms with Crippen molar-refractivity contribution in [3.63, 3.8) is 0 Å². The lowest BCUT2D eigenvalue weighted by Crippen LogP contribution is -2.20. The predicted molar refractivity (Wildman–Crippen MR) is 43.7 cm³/mol. The van der Waals surface area contributed by atoms with Crippen LogP contribution in [0, 0.1) is 0 Å².